The molecule has 0 radical (unpaired) electrons. The van der Waals surface area contributed by atoms with Crippen molar-refractivity contribution in [2.24, 2.45) is 0 Å². The minimum atomic E-state index is -1.06. The zero-order chi connectivity index (χ0) is 15.0. The summed E-state index contributed by atoms with van der Waals surface area (Å²) in [5.74, 6) is -1.06. The summed E-state index contributed by atoms with van der Waals surface area (Å²) in [5, 5.41) is 13.5. The van der Waals surface area contributed by atoms with Crippen LogP contribution in [0.5, 0.6) is 0 Å². The van der Waals surface area contributed by atoms with Crippen molar-refractivity contribution < 1.29 is 19.4 Å². The summed E-state index contributed by atoms with van der Waals surface area (Å²) in [7, 11) is 0. The highest BCUT2D eigenvalue weighted by molar-refractivity contribution is 7.09. The van der Waals surface area contributed by atoms with Crippen LogP contribution in [-0.4, -0.2) is 53.3 Å². The van der Waals surface area contributed by atoms with E-state index in [4.69, 9.17) is 9.84 Å². The van der Waals surface area contributed by atoms with Crippen molar-refractivity contribution in [3.63, 3.8) is 0 Å². The van der Waals surface area contributed by atoms with Gasteiger partial charge in [0, 0.05) is 25.1 Å². The van der Waals surface area contributed by atoms with E-state index in [0.717, 1.165) is 0 Å². The summed E-state index contributed by atoms with van der Waals surface area (Å²) < 4.78 is 5.21. The number of aromatic carboxylic acids is 1. The van der Waals surface area contributed by atoms with Crippen LogP contribution in [0.2, 0.25) is 0 Å². The van der Waals surface area contributed by atoms with Gasteiger partial charge in [0.05, 0.1) is 13.2 Å². The van der Waals surface area contributed by atoms with Gasteiger partial charge in [0.15, 0.2) is 5.69 Å². The van der Waals surface area contributed by atoms with E-state index in [0.29, 0.717) is 31.3 Å². The van der Waals surface area contributed by atoms with Crippen LogP contribution < -0.4 is 5.32 Å². The molecule has 2 amide bonds. The van der Waals surface area contributed by atoms with Gasteiger partial charge in [-0.15, -0.1) is 11.3 Å². The Hall–Kier alpha value is -1.67. The Morgan fingerprint density at radius 1 is 1.50 bits per heavy atom. The number of likely N-dealkylation sites (N-methyl/N-ethyl adjacent to an activating group) is 1. The first kappa shape index (κ1) is 16.4. The van der Waals surface area contributed by atoms with Gasteiger partial charge in [-0.25, -0.2) is 14.6 Å². The number of urea groups is 1. The van der Waals surface area contributed by atoms with Crippen LogP contribution in [0.3, 0.4) is 0 Å². The van der Waals surface area contributed by atoms with E-state index in [1.807, 2.05) is 13.8 Å². The Morgan fingerprint density at radius 2 is 2.25 bits per heavy atom. The Kier molecular flexibility index (Phi) is 6.96. The van der Waals surface area contributed by atoms with Crippen LogP contribution in [0.4, 0.5) is 4.79 Å². The number of thiazole rings is 1. The number of ether oxygens (including phenoxy) is 1. The quantitative estimate of drug-likeness (QED) is 0.708. The number of hydrogen-bond acceptors (Lipinski definition) is 5. The summed E-state index contributed by atoms with van der Waals surface area (Å²) >= 11 is 1.21. The monoisotopic (exact) mass is 301 g/mol. The van der Waals surface area contributed by atoms with Crippen molar-refractivity contribution in [2.45, 2.75) is 20.4 Å². The second-order valence-electron chi connectivity index (χ2n) is 3.87. The molecule has 0 fully saturated rings. The average molecular weight is 301 g/mol. The molecule has 0 aliphatic rings. The lowest BCUT2D eigenvalue weighted by Crippen LogP contribution is -2.41. The van der Waals surface area contributed by atoms with Gasteiger partial charge in [-0.05, 0) is 13.8 Å². The highest BCUT2D eigenvalue weighted by Crippen LogP contribution is 2.09. The fourth-order valence-electron chi connectivity index (χ4n) is 1.48. The number of aromatic nitrogens is 1. The van der Waals surface area contributed by atoms with Gasteiger partial charge in [-0.3, -0.25) is 0 Å². The third kappa shape index (κ3) is 5.14. The number of hydrogen-bond donors (Lipinski definition) is 2. The molecule has 0 bridgehead atoms. The molecular formula is C12H19N3O4S. The van der Waals surface area contributed by atoms with Crippen LogP contribution in [-0.2, 0) is 11.3 Å². The lowest BCUT2D eigenvalue weighted by atomic mass is 10.5. The summed E-state index contributed by atoms with van der Waals surface area (Å²) in [6, 6.07) is -0.209. The molecule has 1 rings (SSSR count). The first-order valence-electron chi connectivity index (χ1n) is 6.36. The van der Waals surface area contributed by atoms with E-state index < -0.39 is 5.97 Å². The predicted molar refractivity (Wildman–Crippen MR) is 75.0 cm³/mol. The van der Waals surface area contributed by atoms with Crippen LogP contribution in [0, 0.1) is 0 Å². The molecule has 2 N–H and O–H groups in total. The maximum atomic E-state index is 11.9. The number of carboxylic acid groups (broad SMARTS) is 1. The van der Waals surface area contributed by atoms with Crippen molar-refractivity contribution >= 4 is 23.3 Å². The number of nitrogens with zero attached hydrogens (tertiary/aromatic N) is 2. The molecule has 0 unspecified atom stereocenters. The molecular weight excluding hydrogens is 282 g/mol. The van der Waals surface area contributed by atoms with Crippen LogP contribution in [0.25, 0.3) is 0 Å². The van der Waals surface area contributed by atoms with E-state index >= 15 is 0 Å². The zero-order valence-corrected chi connectivity index (χ0v) is 12.4. The highest BCUT2D eigenvalue weighted by atomic mass is 32.1. The molecule has 0 aliphatic heterocycles. The summed E-state index contributed by atoms with van der Waals surface area (Å²) in [4.78, 5) is 28.1. The third-order valence-corrected chi connectivity index (χ3v) is 3.39. The van der Waals surface area contributed by atoms with Gasteiger partial charge in [0.25, 0.3) is 0 Å². The lowest BCUT2D eigenvalue weighted by Gasteiger charge is -2.20. The fourth-order valence-corrected chi connectivity index (χ4v) is 2.18. The molecule has 0 aliphatic carbocycles. The fraction of sp³-hybridized carbons (Fsp3) is 0.583. The number of nitrogens with one attached hydrogen (secondary N) is 1. The van der Waals surface area contributed by atoms with E-state index in [2.05, 4.69) is 10.3 Å². The van der Waals surface area contributed by atoms with Crippen molar-refractivity contribution in [1.82, 2.24) is 15.2 Å². The number of carbonyl (C=O) groups is 2. The van der Waals surface area contributed by atoms with Crippen LogP contribution in [0.1, 0.15) is 29.3 Å². The largest absolute Gasteiger partial charge is 0.476 e. The first-order chi connectivity index (χ1) is 9.58. The van der Waals surface area contributed by atoms with Crippen molar-refractivity contribution in [2.75, 3.05) is 26.3 Å². The van der Waals surface area contributed by atoms with Gasteiger partial charge < -0.3 is 20.1 Å². The maximum absolute atomic E-state index is 11.9. The Morgan fingerprint density at radius 3 is 2.80 bits per heavy atom. The van der Waals surface area contributed by atoms with Gasteiger partial charge >= 0.3 is 12.0 Å². The van der Waals surface area contributed by atoms with E-state index in [1.54, 1.807) is 4.90 Å². The SMILES string of the molecule is CCOCCN(CC)C(=O)NCc1nc(C(=O)O)cs1. The summed E-state index contributed by atoms with van der Waals surface area (Å²) in [6.45, 7) is 6.23. The molecule has 8 heteroatoms. The predicted octanol–water partition coefficient (Wildman–Crippen LogP) is 1.41. The van der Waals surface area contributed by atoms with Crippen LogP contribution >= 0.6 is 11.3 Å². The summed E-state index contributed by atoms with van der Waals surface area (Å²) in [6.07, 6.45) is 0. The van der Waals surface area contributed by atoms with Crippen molar-refractivity contribution in [1.29, 1.82) is 0 Å². The lowest BCUT2D eigenvalue weighted by molar-refractivity contribution is 0.0691. The van der Waals surface area contributed by atoms with E-state index in [-0.39, 0.29) is 18.3 Å². The molecule has 1 aromatic heterocycles. The molecule has 1 heterocycles. The molecule has 7 nitrogen and oxygen atoms in total. The zero-order valence-electron chi connectivity index (χ0n) is 11.6. The van der Waals surface area contributed by atoms with Gasteiger partial charge in [-0.1, -0.05) is 0 Å². The number of carbonyl (C=O) groups excluding carboxylic acids is 1. The molecule has 112 valence electrons. The van der Waals surface area contributed by atoms with Crippen molar-refractivity contribution in [3.05, 3.63) is 16.1 Å². The molecule has 0 aromatic carbocycles. The topological polar surface area (TPSA) is 91.8 Å². The molecule has 1 aromatic rings. The maximum Gasteiger partial charge on any atom is 0.355 e. The van der Waals surface area contributed by atoms with Gasteiger partial charge in [0.1, 0.15) is 5.01 Å². The molecule has 0 atom stereocenters. The average Bonchev–Trinajstić information content (AvgIpc) is 2.90. The summed E-state index contributed by atoms with van der Waals surface area (Å²) in [5.41, 5.74) is 0.00272. The number of rotatable bonds is 8. The third-order valence-electron chi connectivity index (χ3n) is 2.54. The normalized spacial score (nSPS) is 10.3. The minimum absolute atomic E-state index is 0.00272. The van der Waals surface area contributed by atoms with E-state index in [9.17, 15) is 9.59 Å². The standard InChI is InChI=1S/C12H19N3O4S/c1-3-15(5-6-19-4-2)12(18)13-7-10-14-9(8-20-10)11(16)17/h8H,3-7H2,1-2H3,(H,13,18)(H,16,17). The molecule has 20 heavy (non-hydrogen) atoms. The highest BCUT2D eigenvalue weighted by Gasteiger charge is 2.13. The van der Waals surface area contributed by atoms with Gasteiger partial charge in [-0.2, -0.15) is 0 Å². The Labute approximate surface area is 121 Å². The first-order valence-corrected chi connectivity index (χ1v) is 7.24. The van der Waals surface area contributed by atoms with Crippen molar-refractivity contribution in [3.8, 4) is 0 Å². The Balaban J connectivity index is 2.41. The van der Waals surface area contributed by atoms with E-state index in [1.165, 1.54) is 16.7 Å². The molecule has 0 saturated carbocycles. The Bertz CT molecular complexity index is 450. The molecule has 0 spiro atoms. The number of amides is 2. The van der Waals surface area contributed by atoms with Crippen LogP contribution in [0.15, 0.2) is 5.38 Å². The second kappa shape index (κ2) is 8.49. The molecule has 0 saturated heterocycles. The minimum Gasteiger partial charge on any atom is -0.476 e. The smallest absolute Gasteiger partial charge is 0.355 e. The number of carboxylic acids is 1. The second-order valence-corrected chi connectivity index (χ2v) is 4.81. The van der Waals surface area contributed by atoms with Gasteiger partial charge in [0.2, 0.25) is 0 Å².